The SMILES string of the molecule is Cc1nn(C)cc1CC(C)Nc1nc(-c2cnn(C)c2)cc(C(F)(F)F)n1. The third kappa shape index (κ3) is 4.44. The molecule has 1 N–H and O–H groups in total. The van der Waals surface area contributed by atoms with Crippen LogP contribution in [-0.4, -0.2) is 35.6 Å². The minimum Gasteiger partial charge on any atom is -0.351 e. The lowest BCUT2D eigenvalue weighted by Gasteiger charge is -2.16. The molecule has 7 nitrogen and oxygen atoms in total. The second-order valence-electron chi connectivity index (χ2n) is 6.53. The van der Waals surface area contributed by atoms with Gasteiger partial charge < -0.3 is 5.32 Å². The number of alkyl halides is 3. The van der Waals surface area contributed by atoms with Crippen LogP contribution in [0.5, 0.6) is 0 Å². The number of aromatic nitrogens is 6. The molecule has 144 valence electrons. The zero-order valence-corrected chi connectivity index (χ0v) is 15.4. The van der Waals surface area contributed by atoms with Crippen LogP contribution in [0.25, 0.3) is 11.3 Å². The maximum absolute atomic E-state index is 13.3. The zero-order chi connectivity index (χ0) is 19.8. The van der Waals surface area contributed by atoms with Crippen molar-refractivity contribution in [3.05, 3.63) is 41.6 Å². The number of anilines is 1. The van der Waals surface area contributed by atoms with Gasteiger partial charge in [0.1, 0.15) is 0 Å². The first-order valence-corrected chi connectivity index (χ1v) is 8.33. The van der Waals surface area contributed by atoms with E-state index in [0.29, 0.717) is 12.0 Å². The molecule has 1 atom stereocenters. The van der Waals surface area contributed by atoms with Crippen LogP contribution in [0.1, 0.15) is 23.9 Å². The molecule has 0 aliphatic heterocycles. The maximum Gasteiger partial charge on any atom is 0.433 e. The molecule has 0 saturated heterocycles. The average molecular weight is 379 g/mol. The maximum atomic E-state index is 13.3. The molecule has 0 aliphatic rings. The molecule has 10 heteroatoms. The Labute approximate surface area is 154 Å². The summed E-state index contributed by atoms with van der Waals surface area (Å²) in [7, 11) is 3.51. The van der Waals surface area contributed by atoms with Gasteiger partial charge >= 0.3 is 6.18 Å². The summed E-state index contributed by atoms with van der Waals surface area (Å²) in [5.41, 5.74) is 1.55. The Morgan fingerprint density at radius 3 is 2.44 bits per heavy atom. The van der Waals surface area contributed by atoms with E-state index in [4.69, 9.17) is 0 Å². The Morgan fingerprint density at radius 2 is 1.89 bits per heavy atom. The van der Waals surface area contributed by atoms with Crippen molar-refractivity contribution in [3.63, 3.8) is 0 Å². The lowest BCUT2D eigenvalue weighted by molar-refractivity contribution is -0.141. The normalized spacial score (nSPS) is 13.0. The van der Waals surface area contributed by atoms with Gasteiger partial charge in [-0.25, -0.2) is 9.97 Å². The van der Waals surface area contributed by atoms with Crippen molar-refractivity contribution in [1.29, 1.82) is 0 Å². The number of nitrogens with one attached hydrogen (secondary N) is 1. The Morgan fingerprint density at radius 1 is 1.15 bits per heavy atom. The minimum absolute atomic E-state index is 0.0716. The fourth-order valence-electron chi connectivity index (χ4n) is 2.81. The highest BCUT2D eigenvalue weighted by Crippen LogP contribution is 2.31. The number of aryl methyl sites for hydroxylation is 3. The van der Waals surface area contributed by atoms with E-state index < -0.39 is 11.9 Å². The van der Waals surface area contributed by atoms with Gasteiger partial charge in [0, 0.05) is 38.1 Å². The first kappa shape index (κ1) is 18.9. The largest absolute Gasteiger partial charge is 0.433 e. The van der Waals surface area contributed by atoms with Crippen LogP contribution in [0.4, 0.5) is 19.1 Å². The predicted octanol–water partition coefficient (Wildman–Crippen LogP) is 2.98. The van der Waals surface area contributed by atoms with Gasteiger partial charge in [0.05, 0.1) is 17.6 Å². The Hall–Kier alpha value is -2.91. The highest BCUT2D eigenvalue weighted by molar-refractivity contribution is 5.59. The van der Waals surface area contributed by atoms with Crippen LogP contribution >= 0.6 is 0 Å². The Balaban J connectivity index is 1.88. The molecule has 0 saturated carbocycles. The van der Waals surface area contributed by atoms with E-state index in [1.165, 1.54) is 10.9 Å². The molecule has 0 aromatic carbocycles. The zero-order valence-electron chi connectivity index (χ0n) is 15.4. The fraction of sp³-hybridized carbons (Fsp3) is 0.412. The van der Waals surface area contributed by atoms with Gasteiger partial charge in [-0.05, 0) is 31.9 Å². The van der Waals surface area contributed by atoms with Crippen LogP contribution in [0, 0.1) is 6.92 Å². The quantitative estimate of drug-likeness (QED) is 0.738. The van der Waals surface area contributed by atoms with Crippen molar-refractivity contribution in [2.45, 2.75) is 32.5 Å². The average Bonchev–Trinajstić information content (AvgIpc) is 3.11. The van der Waals surface area contributed by atoms with E-state index in [-0.39, 0.29) is 17.7 Å². The summed E-state index contributed by atoms with van der Waals surface area (Å²) in [6.07, 6.45) is 0.978. The van der Waals surface area contributed by atoms with Gasteiger partial charge in [-0.15, -0.1) is 0 Å². The van der Waals surface area contributed by atoms with Crippen molar-refractivity contribution < 1.29 is 13.2 Å². The van der Waals surface area contributed by atoms with E-state index in [1.54, 1.807) is 17.9 Å². The van der Waals surface area contributed by atoms with E-state index >= 15 is 0 Å². The molecule has 0 fully saturated rings. The van der Waals surface area contributed by atoms with Crippen LogP contribution < -0.4 is 5.32 Å². The van der Waals surface area contributed by atoms with Crippen LogP contribution in [0.2, 0.25) is 0 Å². The van der Waals surface area contributed by atoms with E-state index in [1.807, 2.05) is 27.1 Å². The molecule has 0 aliphatic carbocycles. The van der Waals surface area contributed by atoms with Crippen LogP contribution in [-0.2, 0) is 26.7 Å². The molecule has 3 heterocycles. The molecule has 27 heavy (non-hydrogen) atoms. The summed E-state index contributed by atoms with van der Waals surface area (Å²) in [6.45, 7) is 3.75. The summed E-state index contributed by atoms with van der Waals surface area (Å²) < 4.78 is 43.0. The molecular weight excluding hydrogens is 359 g/mol. The molecule has 3 aromatic heterocycles. The van der Waals surface area contributed by atoms with Gasteiger partial charge in [0.15, 0.2) is 5.69 Å². The Bertz CT molecular complexity index is 942. The summed E-state index contributed by atoms with van der Waals surface area (Å²) in [4.78, 5) is 7.89. The van der Waals surface area contributed by atoms with Crippen LogP contribution in [0.3, 0.4) is 0 Å². The van der Waals surface area contributed by atoms with Gasteiger partial charge in [0.2, 0.25) is 5.95 Å². The monoisotopic (exact) mass is 379 g/mol. The first-order valence-electron chi connectivity index (χ1n) is 8.33. The molecule has 0 amide bonds. The van der Waals surface area contributed by atoms with Gasteiger partial charge in [-0.2, -0.15) is 23.4 Å². The molecule has 3 rings (SSSR count). The molecule has 0 bridgehead atoms. The molecule has 1 unspecified atom stereocenters. The molecule has 0 radical (unpaired) electrons. The molecule has 0 spiro atoms. The summed E-state index contributed by atoms with van der Waals surface area (Å²) >= 11 is 0. The number of halogens is 3. The predicted molar refractivity (Wildman–Crippen MR) is 94.0 cm³/mol. The Kier molecular flexibility index (Phi) is 4.90. The highest BCUT2D eigenvalue weighted by atomic mass is 19.4. The minimum atomic E-state index is -4.57. The number of hydrogen-bond acceptors (Lipinski definition) is 5. The summed E-state index contributed by atoms with van der Waals surface area (Å²) in [5, 5.41) is 11.2. The molecule has 3 aromatic rings. The van der Waals surface area contributed by atoms with Gasteiger partial charge in [-0.3, -0.25) is 9.36 Å². The smallest absolute Gasteiger partial charge is 0.351 e. The third-order valence-electron chi connectivity index (χ3n) is 4.03. The van der Waals surface area contributed by atoms with Gasteiger partial charge in [0.25, 0.3) is 0 Å². The lowest BCUT2D eigenvalue weighted by Crippen LogP contribution is -2.21. The van der Waals surface area contributed by atoms with E-state index in [0.717, 1.165) is 17.3 Å². The number of rotatable bonds is 5. The molecular formula is C17H20F3N7. The second kappa shape index (κ2) is 7.01. The summed E-state index contributed by atoms with van der Waals surface area (Å²) in [6, 6.07) is 0.746. The van der Waals surface area contributed by atoms with Crippen molar-refractivity contribution in [1.82, 2.24) is 29.5 Å². The van der Waals surface area contributed by atoms with Crippen molar-refractivity contribution in [3.8, 4) is 11.3 Å². The van der Waals surface area contributed by atoms with Gasteiger partial charge in [-0.1, -0.05) is 0 Å². The fourth-order valence-corrected chi connectivity index (χ4v) is 2.81. The van der Waals surface area contributed by atoms with Crippen molar-refractivity contribution in [2.24, 2.45) is 14.1 Å². The highest BCUT2D eigenvalue weighted by Gasteiger charge is 2.34. The lowest BCUT2D eigenvalue weighted by atomic mass is 10.1. The standard InChI is InChI=1S/C17H20F3N7/c1-10(5-12-8-27(4)25-11(12)2)22-16-23-14(13-7-21-26(3)9-13)6-15(24-16)17(18,19)20/h6-10H,5H2,1-4H3,(H,22,23,24). The topological polar surface area (TPSA) is 73.5 Å². The number of hydrogen-bond donors (Lipinski definition) is 1. The first-order chi connectivity index (χ1) is 12.6. The summed E-state index contributed by atoms with van der Waals surface area (Å²) in [5.74, 6) is -0.0716. The van der Waals surface area contributed by atoms with E-state index in [2.05, 4.69) is 25.5 Å². The van der Waals surface area contributed by atoms with Crippen molar-refractivity contribution >= 4 is 5.95 Å². The second-order valence-corrected chi connectivity index (χ2v) is 6.53. The van der Waals surface area contributed by atoms with Crippen LogP contribution in [0.15, 0.2) is 24.7 Å². The van der Waals surface area contributed by atoms with E-state index in [9.17, 15) is 13.2 Å². The third-order valence-corrected chi connectivity index (χ3v) is 4.03. The van der Waals surface area contributed by atoms with Crippen molar-refractivity contribution in [2.75, 3.05) is 5.32 Å². The number of nitrogens with zero attached hydrogens (tertiary/aromatic N) is 6.